The lowest BCUT2D eigenvalue weighted by Gasteiger charge is -2.22. The van der Waals surface area contributed by atoms with Crippen molar-refractivity contribution in [2.24, 2.45) is 5.92 Å². The summed E-state index contributed by atoms with van der Waals surface area (Å²) in [4.78, 5) is 15.5. The van der Waals surface area contributed by atoms with Crippen LogP contribution in [0, 0.1) is 5.92 Å². The van der Waals surface area contributed by atoms with Gasteiger partial charge in [-0.05, 0) is 25.0 Å². The molecular weight excluding hydrogens is 244 g/mol. The number of carboxylic acid groups (broad SMARTS) is 1. The fraction of sp³-hybridized carbons (Fsp3) is 0.286. The van der Waals surface area contributed by atoms with E-state index in [2.05, 4.69) is 4.98 Å². The van der Waals surface area contributed by atoms with Gasteiger partial charge in [0.1, 0.15) is 11.6 Å². The van der Waals surface area contributed by atoms with Gasteiger partial charge in [0.05, 0.1) is 11.5 Å². The zero-order valence-electron chi connectivity index (χ0n) is 10.3. The molecule has 1 aliphatic rings. The maximum atomic E-state index is 11.1. The molecule has 0 fully saturated rings. The van der Waals surface area contributed by atoms with Crippen LogP contribution in [0.25, 0.3) is 11.4 Å². The first-order valence-corrected chi connectivity index (χ1v) is 6.22. The number of nitrogens with zero attached hydrogens (tertiary/aromatic N) is 2. The molecule has 0 saturated carbocycles. The van der Waals surface area contributed by atoms with Gasteiger partial charge >= 0.3 is 5.97 Å². The Morgan fingerprint density at radius 2 is 2.16 bits per heavy atom. The first-order chi connectivity index (χ1) is 9.16. The predicted octanol–water partition coefficient (Wildman–Crippen LogP) is 1.90. The van der Waals surface area contributed by atoms with Crippen molar-refractivity contribution in [3.05, 3.63) is 36.2 Å². The number of phenolic OH excluding ortho intramolecular Hbond substituents is 1. The van der Waals surface area contributed by atoms with Gasteiger partial charge in [-0.1, -0.05) is 12.1 Å². The van der Waals surface area contributed by atoms with E-state index in [1.54, 1.807) is 24.4 Å². The van der Waals surface area contributed by atoms with E-state index in [-0.39, 0.29) is 11.7 Å². The van der Waals surface area contributed by atoms with Gasteiger partial charge in [0.2, 0.25) is 0 Å². The number of rotatable bonds is 2. The summed E-state index contributed by atoms with van der Waals surface area (Å²) in [6.07, 6.45) is 3.11. The Labute approximate surface area is 110 Å². The molecule has 2 N–H and O–H groups in total. The Kier molecular flexibility index (Phi) is 2.74. The van der Waals surface area contributed by atoms with Crippen molar-refractivity contribution in [3.8, 4) is 17.1 Å². The lowest BCUT2D eigenvalue weighted by atomic mass is 9.98. The number of phenols is 1. The summed E-state index contributed by atoms with van der Waals surface area (Å²) in [5.74, 6) is -0.360. The van der Waals surface area contributed by atoms with Gasteiger partial charge in [0.15, 0.2) is 0 Å². The van der Waals surface area contributed by atoms with E-state index in [4.69, 9.17) is 5.11 Å². The second-order valence-electron chi connectivity index (χ2n) is 4.77. The molecule has 98 valence electrons. The van der Waals surface area contributed by atoms with Crippen LogP contribution in [0.3, 0.4) is 0 Å². The first-order valence-electron chi connectivity index (χ1n) is 6.22. The minimum absolute atomic E-state index is 0.161. The molecule has 1 aromatic carbocycles. The van der Waals surface area contributed by atoms with Crippen molar-refractivity contribution >= 4 is 5.97 Å². The Bertz CT molecular complexity index is 633. The predicted molar refractivity (Wildman–Crippen MR) is 68.8 cm³/mol. The number of aromatic nitrogens is 2. The van der Waals surface area contributed by atoms with E-state index in [0.29, 0.717) is 30.8 Å². The summed E-state index contributed by atoms with van der Waals surface area (Å²) in [6, 6.07) is 6.97. The minimum atomic E-state index is -0.775. The zero-order chi connectivity index (χ0) is 13.4. The van der Waals surface area contributed by atoms with Crippen LogP contribution in [-0.4, -0.2) is 25.7 Å². The molecule has 0 amide bonds. The third kappa shape index (κ3) is 1.97. The van der Waals surface area contributed by atoms with Gasteiger partial charge in [-0.15, -0.1) is 0 Å². The van der Waals surface area contributed by atoms with Crippen LogP contribution in [0.15, 0.2) is 30.5 Å². The van der Waals surface area contributed by atoms with Gasteiger partial charge in [0, 0.05) is 18.4 Å². The molecule has 0 saturated heterocycles. The largest absolute Gasteiger partial charge is 0.507 e. The molecule has 0 spiro atoms. The van der Waals surface area contributed by atoms with Crippen molar-refractivity contribution in [3.63, 3.8) is 0 Å². The standard InChI is InChI=1S/C14H14N2O3/c17-12-4-2-1-3-11(12)13-15-7-10-6-5-9(14(18)19)8-16(10)13/h1-4,7,9,17H,5-6,8H2,(H,18,19). The fourth-order valence-electron chi connectivity index (χ4n) is 2.53. The number of hydrogen-bond acceptors (Lipinski definition) is 3. The highest BCUT2D eigenvalue weighted by molar-refractivity contribution is 5.71. The topological polar surface area (TPSA) is 75.3 Å². The van der Waals surface area contributed by atoms with Crippen molar-refractivity contribution in [1.82, 2.24) is 9.55 Å². The molecule has 3 rings (SSSR count). The Balaban J connectivity index is 2.04. The van der Waals surface area contributed by atoms with Crippen LogP contribution in [0.4, 0.5) is 0 Å². The minimum Gasteiger partial charge on any atom is -0.507 e. The number of carbonyl (C=O) groups is 1. The van der Waals surface area contributed by atoms with Crippen molar-refractivity contribution in [1.29, 1.82) is 0 Å². The molecular formula is C14H14N2O3. The Morgan fingerprint density at radius 1 is 1.37 bits per heavy atom. The van der Waals surface area contributed by atoms with Gasteiger partial charge in [-0.3, -0.25) is 4.79 Å². The monoisotopic (exact) mass is 258 g/mol. The molecule has 0 bridgehead atoms. The molecule has 2 aromatic rings. The maximum absolute atomic E-state index is 11.1. The number of aryl methyl sites for hydroxylation is 1. The molecule has 5 heteroatoms. The summed E-state index contributed by atoms with van der Waals surface area (Å²) >= 11 is 0. The lowest BCUT2D eigenvalue weighted by molar-refractivity contribution is -0.142. The van der Waals surface area contributed by atoms with E-state index in [9.17, 15) is 9.90 Å². The third-order valence-electron chi connectivity index (χ3n) is 3.58. The number of imidazole rings is 1. The average Bonchev–Trinajstić information content (AvgIpc) is 2.82. The molecule has 1 unspecified atom stereocenters. The van der Waals surface area contributed by atoms with Gasteiger partial charge in [0.25, 0.3) is 0 Å². The molecule has 1 aliphatic heterocycles. The summed E-state index contributed by atoms with van der Waals surface area (Å²) < 4.78 is 1.90. The van der Waals surface area contributed by atoms with E-state index in [0.717, 1.165) is 5.69 Å². The molecule has 5 nitrogen and oxygen atoms in total. The Hall–Kier alpha value is -2.30. The highest BCUT2D eigenvalue weighted by Gasteiger charge is 2.27. The van der Waals surface area contributed by atoms with Crippen LogP contribution in [0.2, 0.25) is 0 Å². The van der Waals surface area contributed by atoms with Gasteiger partial charge < -0.3 is 14.8 Å². The van der Waals surface area contributed by atoms with E-state index < -0.39 is 5.97 Å². The highest BCUT2D eigenvalue weighted by atomic mass is 16.4. The van der Waals surface area contributed by atoms with Crippen LogP contribution in [-0.2, 0) is 17.8 Å². The van der Waals surface area contributed by atoms with Gasteiger partial charge in [-0.25, -0.2) is 4.98 Å². The summed E-state index contributed by atoms with van der Waals surface area (Å²) in [5.41, 5.74) is 1.66. The SMILES string of the molecule is O=C(O)C1CCc2cnc(-c3ccccc3O)n2C1. The second-order valence-corrected chi connectivity index (χ2v) is 4.77. The van der Waals surface area contributed by atoms with Crippen molar-refractivity contribution in [2.75, 3.05) is 0 Å². The lowest BCUT2D eigenvalue weighted by Crippen LogP contribution is -2.26. The van der Waals surface area contributed by atoms with Gasteiger partial charge in [-0.2, -0.15) is 0 Å². The number of aliphatic carboxylic acids is 1. The van der Waals surface area contributed by atoms with Crippen LogP contribution in [0.5, 0.6) is 5.75 Å². The zero-order valence-corrected chi connectivity index (χ0v) is 10.3. The van der Waals surface area contributed by atoms with E-state index in [1.165, 1.54) is 0 Å². The van der Waals surface area contributed by atoms with Crippen molar-refractivity contribution in [2.45, 2.75) is 19.4 Å². The smallest absolute Gasteiger partial charge is 0.308 e. The second kappa shape index (κ2) is 4.42. The summed E-state index contributed by atoms with van der Waals surface area (Å²) in [6.45, 7) is 0.411. The number of aromatic hydroxyl groups is 1. The molecule has 0 aliphatic carbocycles. The molecule has 1 aromatic heterocycles. The number of fused-ring (bicyclic) bond motifs is 1. The van der Waals surface area contributed by atoms with Crippen LogP contribution in [0.1, 0.15) is 12.1 Å². The van der Waals surface area contributed by atoms with E-state index in [1.807, 2.05) is 10.6 Å². The third-order valence-corrected chi connectivity index (χ3v) is 3.58. The number of carboxylic acids is 1. The molecule has 0 radical (unpaired) electrons. The van der Waals surface area contributed by atoms with Crippen molar-refractivity contribution < 1.29 is 15.0 Å². The van der Waals surface area contributed by atoms with Crippen LogP contribution < -0.4 is 0 Å². The quantitative estimate of drug-likeness (QED) is 0.862. The highest BCUT2D eigenvalue weighted by Crippen LogP contribution is 2.31. The summed E-state index contributed by atoms with van der Waals surface area (Å²) in [7, 11) is 0. The van der Waals surface area contributed by atoms with E-state index >= 15 is 0 Å². The average molecular weight is 258 g/mol. The summed E-state index contributed by atoms with van der Waals surface area (Å²) in [5, 5.41) is 19.0. The number of hydrogen-bond donors (Lipinski definition) is 2. The number of benzene rings is 1. The fourth-order valence-corrected chi connectivity index (χ4v) is 2.53. The first kappa shape index (κ1) is 11.8. The molecule has 19 heavy (non-hydrogen) atoms. The number of para-hydroxylation sites is 1. The maximum Gasteiger partial charge on any atom is 0.308 e. The van der Waals surface area contributed by atoms with Crippen LogP contribution >= 0.6 is 0 Å². The normalized spacial score (nSPS) is 18.0. The molecule has 1 atom stereocenters. The Morgan fingerprint density at radius 3 is 2.89 bits per heavy atom. The molecule has 2 heterocycles.